The number of ether oxygens (including phenoxy) is 2. The van der Waals surface area contributed by atoms with Crippen molar-refractivity contribution in [1.29, 1.82) is 0 Å². The summed E-state index contributed by atoms with van der Waals surface area (Å²) < 4.78 is 10.8. The highest BCUT2D eigenvalue weighted by atomic mass is 16.6. The number of hydrogen-bond acceptors (Lipinski definition) is 5. The molecule has 0 saturated carbocycles. The summed E-state index contributed by atoms with van der Waals surface area (Å²) in [7, 11) is 0. The molecule has 0 unspecified atom stereocenters. The Labute approximate surface area is 178 Å². The van der Waals surface area contributed by atoms with Crippen molar-refractivity contribution in [2.45, 2.75) is 128 Å². The minimum Gasteiger partial charge on any atom is -0.493 e. The monoisotopic (exact) mass is 414 g/mol. The molecule has 0 amide bonds. The molecular formula is C24H46O5. The summed E-state index contributed by atoms with van der Waals surface area (Å²) in [5.74, 6) is 0. The van der Waals surface area contributed by atoms with Crippen molar-refractivity contribution in [3.05, 3.63) is 12.3 Å². The lowest BCUT2D eigenvalue weighted by molar-refractivity contribution is -0.0737. The maximum atomic E-state index is 9.81. The van der Waals surface area contributed by atoms with Crippen LogP contribution in [0.1, 0.15) is 103 Å². The van der Waals surface area contributed by atoms with E-state index in [9.17, 15) is 15.3 Å². The lowest BCUT2D eigenvalue weighted by atomic mass is 10.0. The van der Waals surface area contributed by atoms with E-state index >= 15 is 0 Å². The van der Waals surface area contributed by atoms with Gasteiger partial charge in [0.2, 0.25) is 0 Å². The van der Waals surface area contributed by atoms with Crippen molar-refractivity contribution in [3.63, 3.8) is 0 Å². The van der Waals surface area contributed by atoms with E-state index in [0.29, 0.717) is 0 Å². The van der Waals surface area contributed by atoms with Gasteiger partial charge in [0.1, 0.15) is 24.4 Å². The van der Waals surface area contributed by atoms with E-state index in [4.69, 9.17) is 9.47 Å². The highest BCUT2D eigenvalue weighted by molar-refractivity contribution is 4.90. The predicted molar refractivity (Wildman–Crippen MR) is 118 cm³/mol. The van der Waals surface area contributed by atoms with Gasteiger partial charge in [-0.1, -0.05) is 90.4 Å². The second kappa shape index (κ2) is 18.2. The van der Waals surface area contributed by atoms with Gasteiger partial charge in [0.05, 0.1) is 19.5 Å². The van der Waals surface area contributed by atoms with E-state index in [0.717, 1.165) is 12.8 Å². The Bertz CT molecular complexity index is 387. The Balaban J connectivity index is 1.87. The number of hydrogen-bond donors (Lipinski definition) is 3. The van der Waals surface area contributed by atoms with Crippen molar-refractivity contribution < 1.29 is 24.8 Å². The van der Waals surface area contributed by atoms with Crippen LogP contribution in [-0.2, 0) is 9.47 Å². The number of rotatable bonds is 19. The molecule has 1 aliphatic rings. The molecule has 0 spiro atoms. The number of aliphatic hydroxyl groups is 3. The SMILES string of the molecule is CCCCCCCCCCCCCCCC/C=C/O[C@@H](CO)[C@@H]1OC[C@@H](O)[C@@H]1O. The topological polar surface area (TPSA) is 79.2 Å². The molecule has 0 aromatic rings. The third kappa shape index (κ3) is 12.6. The highest BCUT2D eigenvalue weighted by Crippen LogP contribution is 2.20. The van der Waals surface area contributed by atoms with E-state index in [2.05, 4.69) is 6.92 Å². The fourth-order valence-corrected chi connectivity index (χ4v) is 3.86. The molecule has 0 aliphatic carbocycles. The van der Waals surface area contributed by atoms with Gasteiger partial charge in [0.25, 0.3) is 0 Å². The molecule has 1 heterocycles. The zero-order valence-corrected chi connectivity index (χ0v) is 18.6. The van der Waals surface area contributed by atoms with Gasteiger partial charge in [0.15, 0.2) is 0 Å². The molecule has 4 atom stereocenters. The van der Waals surface area contributed by atoms with Crippen LogP contribution < -0.4 is 0 Å². The van der Waals surface area contributed by atoms with E-state index in [1.54, 1.807) is 6.26 Å². The van der Waals surface area contributed by atoms with E-state index < -0.39 is 24.4 Å². The third-order valence-corrected chi connectivity index (χ3v) is 5.81. The molecule has 5 heteroatoms. The Kier molecular flexibility index (Phi) is 16.6. The fourth-order valence-electron chi connectivity index (χ4n) is 3.86. The van der Waals surface area contributed by atoms with Crippen molar-refractivity contribution in [2.24, 2.45) is 0 Å². The molecule has 0 radical (unpaired) electrons. The van der Waals surface area contributed by atoms with E-state index in [1.165, 1.54) is 83.5 Å². The summed E-state index contributed by atoms with van der Waals surface area (Å²) in [4.78, 5) is 0. The van der Waals surface area contributed by atoms with Crippen LogP contribution in [-0.4, -0.2) is 52.9 Å². The zero-order chi connectivity index (χ0) is 21.2. The van der Waals surface area contributed by atoms with Crippen LogP contribution in [0.3, 0.4) is 0 Å². The second-order valence-electron chi connectivity index (χ2n) is 8.47. The van der Waals surface area contributed by atoms with Crippen LogP contribution in [0.25, 0.3) is 0 Å². The summed E-state index contributed by atoms with van der Waals surface area (Å²) in [6.45, 7) is 2.10. The van der Waals surface area contributed by atoms with Crippen molar-refractivity contribution in [1.82, 2.24) is 0 Å². The molecule has 172 valence electrons. The highest BCUT2D eigenvalue weighted by Gasteiger charge is 2.40. The molecular weight excluding hydrogens is 368 g/mol. The van der Waals surface area contributed by atoms with Crippen LogP contribution in [0, 0.1) is 0 Å². The fraction of sp³-hybridized carbons (Fsp3) is 0.917. The molecule has 29 heavy (non-hydrogen) atoms. The zero-order valence-electron chi connectivity index (χ0n) is 18.6. The van der Waals surface area contributed by atoms with Gasteiger partial charge >= 0.3 is 0 Å². The average Bonchev–Trinajstić information content (AvgIpc) is 3.06. The minimum absolute atomic E-state index is 0.0778. The average molecular weight is 415 g/mol. The molecule has 1 aliphatic heterocycles. The standard InChI is InChI=1S/C24H46O5/c1-2-3-4-5-6-7-8-9-10-11-12-13-14-15-16-17-18-28-22(19-25)24-23(27)21(26)20-29-24/h17-18,21-27H,2-16,19-20H2,1H3/b18-17+/t21-,22+,23+,24+/m1/s1. The van der Waals surface area contributed by atoms with Crippen LogP contribution in [0.15, 0.2) is 12.3 Å². The number of unbranched alkanes of at least 4 members (excludes halogenated alkanes) is 14. The van der Waals surface area contributed by atoms with E-state index in [-0.39, 0.29) is 13.2 Å². The molecule has 5 nitrogen and oxygen atoms in total. The van der Waals surface area contributed by atoms with Crippen LogP contribution in [0.4, 0.5) is 0 Å². The molecule has 0 aromatic carbocycles. The Morgan fingerprint density at radius 2 is 1.38 bits per heavy atom. The maximum Gasteiger partial charge on any atom is 0.149 e. The first kappa shape index (κ1) is 26.4. The molecule has 0 bridgehead atoms. The van der Waals surface area contributed by atoms with Crippen LogP contribution >= 0.6 is 0 Å². The van der Waals surface area contributed by atoms with Crippen LogP contribution in [0.2, 0.25) is 0 Å². The largest absolute Gasteiger partial charge is 0.493 e. The first-order valence-electron chi connectivity index (χ1n) is 12.1. The number of allylic oxidation sites excluding steroid dienone is 1. The third-order valence-electron chi connectivity index (χ3n) is 5.81. The van der Waals surface area contributed by atoms with Crippen molar-refractivity contribution in [3.8, 4) is 0 Å². The summed E-state index contributed by atoms with van der Waals surface area (Å²) in [6.07, 6.45) is 20.2. The lowest BCUT2D eigenvalue weighted by Gasteiger charge is -2.23. The Morgan fingerprint density at radius 3 is 1.83 bits per heavy atom. The summed E-state index contributed by atoms with van der Waals surface area (Å²) in [5, 5.41) is 28.7. The van der Waals surface area contributed by atoms with Crippen molar-refractivity contribution >= 4 is 0 Å². The second-order valence-corrected chi connectivity index (χ2v) is 8.47. The Morgan fingerprint density at radius 1 is 0.862 bits per heavy atom. The Hall–Kier alpha value is -0.620. The maximum absolute atomic E-state index is 9.81. The van der Waals surface area contributed by atoms with Gasteiger partial charge in [-0.2, -0.15) is 0 Å². The molecule has 1 saturated heterocycles. The molecule has 0 aromatic heterocycles. The predicted octanol–water partition coefficient (Wildman–Crippen LogP) is 4.87. The quantitative estimate of drug-likeness (QED) is 0.208. The van der Waals surface area contributed by atoms with Gasteiger partial charge in [-0.3, -0.25) is 0 Å². The van der Waals surface area contributed by atoms with Gasteiger partial charge in [-0.15, -0.1) is 0 Å². The molecule has 1 fully saturated rings. The van der Waals surface area contributed by atoms with Gasteiger partial charge in [-0.25, -0.2) is 0 Å². The van der Waals surface area contributed by atoms with Gasteiger partial charge in [0, 0.05) is 0 Å². The van der Waals surface area contributed by atoms with Gasteiger partial charge in [-0.05, 0) is 18.9 Å². The molecule has 3 N–H and O–H groups in total. The molecule has 1 rings (SSSR count). The summed E-state index contributed by atoms with van der Waals surface area (Å²) in [5.41, 5.74) is 0. The summed E-state index contributed by atoms with van der Waals surface area (Å²) >= 11 is 0. The minimum atomic E-state index is -1.01. The first-order chi connectivity index (χ1) is 14.2. The number of aliphatic hydroxyl groups excluding tert-OH is 3. The lowest BCUT2D eigenvalue weighted by Crippen LogP contribution is -2.41. The normalized spacial score (nSPS) is 23.1. The van der Waals surface area contributed by atoms with E-state index in [1.807, 2.05) is 6.08 Å². The smallest absolute Gasteiger partial charge is 0.149 e. The summed E-state index contributed by atoms with van der Waals surface area (Å²) in [6, 6.07) is 0. The van der Waals surface area contributed by atoms with Gasteiger partial charge < -0.3 is 24.8 Å². The first-order valence-corrected chi connectivity index (χ1v) is 12.1. The van der Waals surface area contributed by atoms with Crippen molar-refractivity contribution in [2.75, 3.05) is 13.2 Å². The van der Waals surface area contributed by atoms with Crippen LogP contribution in [0.5, 0.6) is 0 Å².